The van der Waals surface area contributed by atoms with Gasteiger partial charge in [0.05, 0.1) is 24.5 Å². The van der Waals surface area contributed by atoms with E-state index in [-0.39, 0.29) is 25.4 Å². The molecule has 2 rings (SSSR count). The van der Waals surface area contributed by atoms with Crippen LogP contribution in [0.5, 0.6) is 0 Å². The van der Waals surface area contributed by atoms with Crippen molar-refractivity contribution < 1.29 is 29.3 Å². The summed E-state index contributed by atoms with van der Waals surface area (Å²) < 4.78 is 4.99. The maximum absolute atomic E-state index is 12.4. The van der Waals surface area contributed by atoms with E-state index in [2.05, 4.69) is 11.9 Å². The van der Waals surface area contributed by atoms with Crippen LogP contribution >= 0.6 is 0 Å². The summed E-state index contributed by atoms with van der Waals surface area (Å²) in [6.07, 6.45) is 1.29. The van der Waals surface area contributed by atoms with Gasteiger partial charge in [0.25, 0.3) is 0 Å². The van der Waals surface area contributed by atoms with Crippen molar-refractivity contribution in [1.29, 1.82) is 0 Å². The summed E-state index contributed by atoms with van der Waals surface area (Å²) in [6.45, 7) is 5.50. The molecule has 0 aromatic carbocycles. The maximum atomic E-state index is 12.4. The predicted molar refractivity (Wildman–Crippen MR) is 75.7 cm³/mol. The summed E-state index contributed by atoms with van der Waals surface area (Å²) in [5.74, 6) is -4.16. The molecule has 22 heavy (non-hydrogen) atoms. The molecule has 0 bridgehead atoms. The Labute approximate surface area is 128 Å². The van der Waals surface area contributed by atoms with Gasteiger partial charge in [0, 0.05) is 5.92 Å². The zero-order valence-electron chi connectivity index (χ0n) is 12.4. The third-order valence-corrected chi connectivity index (χ3v) is 4.48. The summed E-state index contributed by atoms with van der Waals surface area (Å²) in [7, 11) is 0. The Morgan fingerprint density at radius 1 is 1.36 bits per heavy atom. The van der Waals surface area contributed by atoms with Gasteiger partial charge in [-0.2, -0.15) is 0 Å². The number of rotatable bonds is 6. The number of aliphatic hydroxyl groups excluding tert-OH is 1. The Hall–Kier alpha value is -1.89. The van der Waals surface area contributed by atoms with Gasteiger partial charge in [0.1, 0.15) is 5.54 Å². The SMILES string of the molecule is C=C[C@@H]1C[C@]1(NC(=O)[C@@H]1C[C@H](O)CC1C(=O)O)C(=O)OCC. The predicted octanol–water partition coefficient (Wildman–Crippen LogP) is 0.0821. The van der Waals surface area contributed by atoms with Crippen molar-refractivity contribution in [3.8, 4) is 0 Å². The van der Waals surface area contributed by atoms with Crippen LogP contribution in [0.1, 0.15) is 26.2 Å². The fraction of sp³-hybridized carbons (Fsp3) is 0.667. The summed E-state index contributed by atoms with van der Waals surface area (Å²) in [5, 5.41) is 21.4. The van der Waals surface area contributed by atoms with Crippen LogP contribution in [0, 0.1) is 17.8 Å². The van der Waals surface area contributed by atoms with E-state index in [9.17, 15) is 19.5 Å². The minimum atomic E-state index is -1.13. The molecule has 0 spiro atoms. The number of esters is 1. The summed E-state index contributed by atoms with van der Waals surface area (Å²) >= 11 is 0. The number of ether oxygens (including phenoxy) is 1. The smallest absolute Gasteiger partial charge is 0.332 e. The third kappa shape index (κ3) is 2.85. The van der Waals surface area contributed by atoms with Crippen LogP contribution in [0.25, 0.3) is 0 Å². The largest absolute Gasteiger partial charge is 0.481 e. The molecule has 1 unspecified atom stereocenters. The first kappa shape index (κ1) is 16.5. The van der Waals surface area contributed by atoms with Gasteiger partial charge in [0.2, 0.25) is 5.91 Å². The van der Waals surface area contributed by atoms with Crippen LogP contribution in [0.15, 0.2) is 12.7 Å². The summed E-state index contributed by atoms with van der Waals surface area (Å²) in [5.41, 5.74) is -1.13. The van der Waals surface area contributed by atoms with Crippen LogP contribution in [-0.2, 0) is 19.1 Å². The molecule has 1 amide bonds. The van der Waals surface area contributed by atoms with Crippen molar-refractivity contribution in [2.45, 2.75) is 37.8 Å². The fourth-order valence-corrected chi connectivity index (χ4v) is 3.15. The van der Waals surface area contributed by atoms with Crippen LogP contribution in [-0.4, -0.2) is 46.3 Å². The molecule has 0 saturated heterocycles. The molecule has 0 heterocycles. The first-order valence-electron chi connectivity index (χ1n) is 7.38. The standard InChI is InChI=1S/C15H21NO6/c1-3-8-7-15(8,14(21)22-4-2)16-12(18)10-5-9(17)6-11(10)13(19)20/h3,8-11,17H,1,4-7H2,2H3,(H,16,18)(H,19,20)/t8-,9+,10-,11?,15-/m1/s1. The van der Waals surface area contributed by atoms with Gasteiger partial charge >= 0.3 is 11.9 Å². The number of carbonyl (C=O) groups is 3. The van der Waals surface area contributed by atoms with Crippen molar-refractivity contribution in [2.24, 2.45) is 17.8 Å². The van der Waals surface area contributed by atoms with E-state index < -0.39 is 41.3 Å². The highest BCUT2D eigenvalue weighted by molar-refractivity contribution is 5.94. The number of carboxylic acid groups (broad SMARTS) is 1. The van der Waals surface area contributed by atoms with Crippen molar-refractivity contribution in [1.82, 2.24) is 5.32 Å². The van der Waals surface area contributed by atoms with Crippen molar-refractivity contribution in [2.75, 3.05) is 6.61 Å². The average Bonchev–Trinajstić information content (AvgIpc) is 3.02. The molecule has 0 aromatic heterocycles. The van der Waals surface area contributed by atoms with Gasteiger partial charge < -0.3 is 20.3 Å². The number of hydrogen-bond acceptors (Lipinski definition) is 5. The first-order chi connectivity index (χ1) is 10.4. The quantitative estimate of drug-likeness (QED) is 0.473. The molecule has 7 nitrogen and oxygen atoms in total. The Morgan fingerprint density at radius 3 is 2.50 bits per heavy atom. The van der Waals surface area contributed by atoms with Crippen LogP contribution in [0.2, 0.25) is 0 Å². The average molecular weight is 311 g/mol. The lowest BCUT2D eigenvalue weighted by Crippen LogP contribution is -2.49. The lowest BCUT2D eigenvalue weighted by atomic mass is 9.94. The highest BCUT2D eigenvalue weighted by Gasteiger charge is 2.62. The first-order valence-corrected chi connectivity index (χ1v) is 7.38. The van der Waals surface area contributed by atoms with E-state index in [1.165, 1.54) is 0 Å². The van der Waals surface area contributed by atoms with Gasteiger partial charge in [-0.3, -0.25) is 9.59 Å². The van der Waals surface area contributed by atoms with Crippen molar-refractivity contribution >= 4 is 17.8 Å². The fourth-order valence-electron chi connectivity index (χ4n) is 3.15. The minimum Gasteiger partial charge on any atom is -0.481 e. The lowest BCUT2D eigenvalue weighted by Gasteiger charge is -2.21. The molecule has 2 aliphatic rings. The van der Waals surface area contributed by atoms with Crippen LogP contribution in [0.4, 0.5) is 0 Å². The zero-order chi connectivity index (χ0) is 16.5. The maximum Gasteiger partial charge on any atom is 0.332 e. The van der Waals surface area contributed by atoms with Crippen molar-refractivity contribution in [3.05, 3.63) is 12.7 Å². The number of carbonyl (C=O) groups excluding carboxylic acids is 2. The molecule has 0 radical (unpaired) electrons. The van der Waals surface area contributed by atoms with Gasteiger partial charge in [-0.15, -0.1) is 6.58 Å². The monoisotopic (exact) mass is 311 g/mol. The second-order valence-corrected chi connectivity index (χ2v) is 5.90. The Morgan fingerprint density at radius 2 is 2.00 bits per heavy atom. The summed E-state index contributed by atoms with van der Waals surface area (Å²) in [4.78, 5) is 35.7. The topological polar surface area (TPSA) is 113 Å². The molecule has 3 N–H and O–H groups in total. The molecule has 2 aliphatic carbocycles. The molecule has 122 valence electrons. The number of aliphatic carboxylic acids is 1. The van der Waals surface area contributed by atoms with E-state index >= 15 is 0 Å². The lowest BCUT2D eigenvalue weighted by molar-refractivity contribution is -0.150. The van der Waals surface area contributed by atoms with Crippen LogP contribution in [0.3, 0.4) is 0 Å². The molecular weight excluding hydrogens is 290 g/mol. The summed E-state index contributed by atoms with van der Waals surface area (Å²) in [6, 6.07) is 0. The normalized spacial score (nSPS) is 36.5. The number of amides is 1. The number of aliphatic hydroxyl groups is 1. The molecule has 0 aliphatic heterocycles. The van der Waals surface area contributed by atoms with Crippen molar-refractivity contribution in [3.63, 3.8) is 0 Å². The number of hydrogen-bond donors (Lipinski definition) is 3. The van der Waals surface area contributed by atoms with E-state index in [0.717, 1.165) is 0 Å². The number of nitrogens with one attached hydrogen (secondary N) is 1. The van der Waals surface area contributed by atoms with Gasteiger partial charge in [-0.05, 0) is 26.2 Å². The molecule has 5 atom stereocenters. The highest BCUT2D eigenvalue weighted by atomic mass is 16.5. The van der Waals surface area contributed by atoms with E-state index in [4.69, 9.17) is 9.84 Å². The molecule has 2 saturated carbocycles. The number of carboxylic acids is 1. The van der Waals surface area contributed by atoms with E-state index in [0.29, 0.717) is 6.42 Å². The molecular formula is C15H21NO6. The van der Waals surface area contributed by atoms with E-state index in [1.54, 1.807) is 13.0 Å². The van der Waals surface area contributed by atoms with Gasteiger partial charge in [0.15, 0.2) is 0 Å². The molecule has 7 heteroatoms. The van der Waals surface area contributed by atoms with Crippen LogP contribution < -0.4 is 5.32 Å². The Bertz CT molecular complexity index is 504. The zero-order valence-corrected chi connectivity index (χ0v) is 12.4. The third-order valence-electron chi connectivity index (χ3n) is 4.48. The second kappa shape index (κ2) is 6.08. The molecule has 2 fully saturated rings. The second-order valence-electron chi connectivity index (χ2n) is 5.90. The van der Waals surface area contributed by atoms with Gasteiger partial charge in [-0.25, -0.2) is 4.79 Å². The Kier molecular flexibility index (Phi) is 4.55. The van der Waals surface area contributed by atoms with Gasteiger partial charge in [-0.1, -0.05) is 6.08 Å². The van der Waals surface area contributed by atoms with E-state index in [1.807, 2.05) is 0 Å². The highest BCUT2D eigenvalue weighted by Crippen LogP contribution is 2.46. The Balaban J connectivity index is 2.11. The molecule has 0 aromatic rings. The minimum absolute atomic E-state index is 0.0463.